The van der Waals surface area contributed by atoms with Crippen LogP contribution in [0.25, 0.3) is 22.3 Å². The van der Waals surface area contributed by atoms with Gasteiger partial charge in [0.2, 0.25) is 0 Å². The molecule has 0 radical (unpaired) electrons. The lowest BCUT2D eigenvalue weighted by atomic mass is 9.75. The minimum absolute atomic E-state index is 0.115. The second kappa shape index (κ2) is 16.7. The molecule has 2 aliphatic rings. The molecule has 2 N–H and O–H groups in total. The molecule has 0 heterocycles. The molecule has 0 unspecified atom stereocenters. The summed E-state index contributed by atoms with van der Waals surface area (Å²) < 4.78 is 0. The Labute approximate surface area is 342 Å². The van der Waals surface area contributed by atoms with E-state index in [0.29, 0.717) is 33.4 Å². The fourth-order valence-corrected chi connectivity index (χ4v) is 9.10. The molecule has 58 heavy (non-hydrogen) atoms. The van der Waals surface area contributed by atoms with Gasteiger partial charge < -0.3 is 10.2 Å². The molecule has 0 saturated heterocycles. The molecular weight excluding hydrogens is 713 g/mol. The van der Waals surface area contributed by atoms with Crippen molar-refractivity contribution in [2.75, 3.05) is 0 Å². The van der Waals surface area contributed by atoms with E-state index in [4.69, 9.17) is 0 Å². The van der Waals surface area contributed by atoms with Crippen molar-refractivity contribution in [3.63, 3.8) is 0 Å². The Morgan fingerprint density at radius 3 is 1.07 bits per heavy atom. The average molecular weight is 765 g/mol. The molecule has 2 atom stereocenters. The molecule has 6 aromatic rings. The van der Waals surface area contributed by atoms with Crippen molar-refractivity contribution in [1.29, 1.82) is 0 Å². The van der Waals surface area contributed by atoms with E-state index in [9.17, 15) is 19.8 Å². The summed E-state index contributed by atoms with van der Waals surface area (Å²) in [5, 5.41) is 26.3. The number of aliphatic hydroxyl groups is 2. The highest BCUT2D eigenvalue weighted by atomic mass is 16.3. The normalized spacial score (nSPS) is 19.7. The topological polar surface area (TPSA) is 74.6 Å². The number of hydrogen-bond acceptors (Lipinski definition) is 4. The molecule has 2 aliphatic carbocycles. The lowest BCUT2D eigenvalue weighted by Crippen LogP contribution is -2.36. The fraction of sp³-hybridized carbons (Fsp3) is 0.259. The van der Waals surface area contributed by atoms with Crippen molar-refractivity contribution in [3.8, 4) is 22.3 Å². The van der Waals surface area contributed by atoms with Crippen LogP contribution in [0.15, 0.2) is 157 Å². The van der Waals surface area contributed by atoms with Gasteiger partial charge in [0.15, 0.2) is 11.6 Å². The van der Waals surface area contributed by atoms with Crippen LogP contribution in [0.2, 0.25) is 0 Å². The fourth-order valence-electron chi connectivity index (χ4n) is 9.10. The lowest BCUT2D eigenvalue weighted by Gasteiger charge is -2.32. The zero-order valence-corrected chi connectivity index (χ0v) is 33.6. The van der Waals surface area contributed by atoms with E-state index in [1.54, 1.807) is 48.5 Å². The number of fused-ring (bicyclic) bond motifs is 2. The van der Waals surface area contributed by atoms with Crippen LogP contribution in [0.3, 0.4) is 0 Å². The van der Waals surface area contributed by atoms with E-state index in [1.165, 1.54) is 62.5 Å². The van der Waals surface area contributed by atoms with E-state index in [1.807, 2.05) is 48.5 Å². The molecule has 8 rings (SSSR count). The van der Waals surface area contributed by atoms with Crippen molar-refractivity contribution >= 4 is 11.6 Å². The molecule has 0 aromatic heterocycles. The second-order valence-electron chi connectivity index (χ2n) is 16.1. The quantitative estimate of drug-likeness (QED) is 0.0855. The summed E-state index contributed by atoms with van der Waals surface area (Å²) in [6, 6.07) is 46.3. The van der Waals surface area contributed by atoms with Gasteiger partial charge in [-0.05, 0) is 70.2 Å². The summed E-state index contributed by atoms with van der Waals surface area (Å²) in [5.74, 6) is -0.949. The van der Waals surface area contributed by atoms with Crippen LogP contribution < -0.4 is 0 Å². The van der Waals surface area contributed by atoms with Crippen molar-refractivity contribution in [3.05, 3.63) is 201 Å². The third-order valence-corrected chi connectivity index (χ3v) is 12.4. The number of unbranched alkanes of at least 4 members (excludes halogenated alkanes) is 6. The maximum Gasteiger partial charge on any atom is 0.193 e. The summed E-state index contributed by atoms with van der Waals surface area (Å²) in [4.78, 5) is 29.4. The number of hydrogen-bond donors (Lipinski definition) is 2. The summed E-state index contributed by atoms with van der Waals surface area (Å²) >= 11 is 0. The SMILES string of the molecule is CCCCCCc1ccc(-c2ccc([C@]3(O)/C(=C4\C(=O)c5ccccc5[C@@]4(O)c4ccc(-c5ccc(CCCCCC)cc5)cc4)C(=O)c4ccccc43)cc2)cc1. The van der Waals surface area contributed by atoms with Crippen LogP contribution in [0, 0.1) is 0 Å². The number of benzene rings is 6. The highest BCUT2D eigenvalue weighted by Crippen LogP contribution is 2.55. The van der Waals surface area contributed by atoms with E-state index in [-0.39, 0.29) is 11.1 Å². The van der Waals surface area contributed by atoms with Crippen LogP contribution in [0.5, 0.6) is 0 Å². The first-order valence-electron chi connectivity index (χ1n) is 21.2. The predicted molar refractivity (Wildman–Crippen MR) is 234 cm³/mol. The molecule has 292 valence electrons. The van der Waals surface area contributed by atoms with Gasteiger partial charge >= 0.3 is 0 Å². The maximum atomic E-state index is 14.7. The van der Waals surface area contributed by atoms with E-state index >= 15 is 0 Å². The van der Waals surface area contributed by atoms with Gasteiger partial charge in [0.25, 0.3) is 0 Å². The predicted octanol–water partition coefficient (Wildman–Crippen LogP) is 12.1. The van der Waals surface area contributed by atoms with Gasteiger partial charge in [-0.2, -0.15) is 0 Å². The Morgan fingerprint density at radius 2 is 0.724 bits per heavy atom. The third-order valence-electron chi connectivity index (χ3n) is 12.4. The van der Waals surface area contributed by atoms with Crippen molar-refractivity contribution < 1.29 is 19.8 Å². The zero-order valence-electron chi connectivity index (χ0n) is 33.6. The number of Topliss-reactive ketones (excluding diaryl/α,β-unsaturated/α-hetero) is 2. The molecule has 0 saturated carbocycles. The first-order chi connectivity index (χ1) is 28.3. The lowest BCUT2D eigenvalue weighted by molar-refractivity contribution is 0.0803. The van der Waals surface area contributed by atoms with E-state index < -0.39 is 22.8 Å². The van der Waals surface area contributed by atoms with E-state index in [2.05, 4.69) is 62.4 Å². The Morgan fingerprint density at radius 1 is 0.397 bits per heavy atom. The molecule has 6 aromatic carbocycles. The third kappa shape index (κ3) is 6.99. The standard InChI is InChI=1S/C54H52O4/c1-3-5-7-9-15-37-21-25-39(26-22-37)41-29-33-43(34-30-41)53(57)47-19-13-11-17-45(47)51(55)49(53)50-52(56)46-18-12-14-20-48(46)54(50,58)44-35-31-42(32-36-44)40-27-23-38(24-28-40)16-10-8-6-4-2/h11-14,17-36,57-58H,3-10,15-16H2,1-2H3/b50-49+/t53-,54+. The summed E-state index contributed by atoms with van der Waals surface area (Å²) in [6.07, 6.45) is 11.9. The van der Waals surface area contributed by atoms with Gasteiger partial charge in [-0.1, -0.05) is 198 Å². The monoisotopic (exact) mass is 764 g/mol. The average Bonchev–Trinajstić information content (AvgIpc) is 3.63. The number of carbonyl (C=O) groups is 2. The van der Waals surface area contributed by atoms with Gasteiger partial charge in [0, 0.05) is 22.3 Å². The van der Waals surface area contributed by atoms with Gasteiger partial charge in [-0.15, -0.1) is 0 Å². The largest absolute Gasteiger partial charge is 0.376 e. The maximum absolute atomic E-state index is 14.7. The van der Waals surface area contributed by atoms with Crippen LogP contribution >= 0.6 is 0 Å². The Kier molecular flexibility index (Phi) is 11.2. The number of aryl methyl sites for hydroxylation is 2. The van der Waals surface area contributed by atoms with Crippen LogP contribution in [-0.4, -0.2) is 21.8 Å². The molecule has 0 bridgehead atoms. The highest BCUT2D eigenvalue weighted by molar-refractivity contribution is 6.25. The minimum atomic E-state index is -2.01. The molecule has 0 fully saturated rings. The Hall–Kier alpha value is -5.68. The van der Waals surface area contributed by atoms with Crippen LogP contribution in [0.4, 0.5) is 0 Å². The van der Waals surface area contributed by atoms with Crippen molar-refractivity contribution in [2.45, 2.75) is 89.3 Å². The van der Waals surface area contributed by atoms with Gasteiger partial charge in [-0.3, -0.25) is 9.59 Å². The van der Waals surface area contributed by atoms with Gasteiger partial charge in [0.05, 0.1) is 11.1 Å². The molecule has 4 heteroatoms. The number of ketones is 2. The second-order valence-corrected chi connectivity index (χ2v) is 16.1. The van der Waals surface area contributed by atoms with E-state index in [0.717, 1.165) is 35.1 Å². The van der Waals surface area contributed by atoms with Crippen molar-refractivity contribution in [1.82, 2.24) is 0 Å². The number of rotatable bonds is 14. The zero-order chi connectivity index (χ0) is 40.3. The van der Waals surface area contributed by atoms with Gasteiger partial charge in [-0.25, -0.2) is 0 Å². The van der Waals surface area contributed by atoms with Crippen LogP contribution in [-0.2, 0) is 24.0 Å². The van der Waals surface area contributed by atoms with Gasteiger partial charge in [0.1, 0.15) is 11.2 Å². The van der Waals surface area contributed by atoms with Crippen molar-refractivity contribution in [2.24, 2.45) is 0 Å². The highest BCUT2D eigenvalue weighted by Gasteiger charge is 2.57. The Bertz CT molecular complexity index is 2280. The summed E-state index contributed by atoms with van der Waals surface area (Å²) in [7, 11) is 0. The Balaban J connectivity index is 1.18. The van der Waals surface area contributed by atoms with Crippen LogP contribution in [0.1, 0.15) is 119 Å². The summed E-state index contributed by atoms with van der Waals surface area (Å²) in [6.45, 7) is 4.45. The number of carbonyl (C=O) groups excluding carboxylic acids is 2. The molecule has 0 spiro atoms. The first-order valence-corrected chi connectivity index (χ1v) is 21.2. The summed E-state index contributed by atoms with van der Waals surface area (Å²) in [5.41, 5.74) is 4.71. The molecule has 4 nitrogen and oxygen atoms in total. The molecule has 0 amide bonds. The smallest absolute Gasteiger partial charge is 0.193 e. The minimum Gasteiger partial charge on any atom is -0.376 e. The molecular formula is C54H52O4. The first kappa shape index (κ1) is 39.2. The molecule has 0 aliphatic heterocycles.